The van der Waals surface area contributed by atoms with Crippen molar-refractivity contribution in [2.24, 2.45) is 0 Å². The molecule has 0 bridgehead atoms. The number of hydrogen-bond acceptors (Lipinski definition) is 4. The number of rotatable bonds is 8. The Labute approximate surface area is 128 Å². The lowest BCUT2D eigenvalue weighted by atomic mass is 10.1. The van der Waals surface area contributed by atoms with Gasteiger partial charge in [-0.1, -0.05) is 13.3 Å². The second kappa shape index (κ2) is 7.49. The Morgan fingerprint density at radius 2 is 2.00 bits per heavy atom. The van der Waals surface area contributed by atoms with Crippen molar-refractivity contribution in [3.8, 4) is 5.69 Å². The van der Waals surface area contributed by atoms with Gasteiger partial charge in [-0.2, -0.15) is 5.10 Å². The highest BCUT2D eigenvalue weighted by Gasteiger charge is 2.11. The Morgan fingerprint density at radius 3 is 2.59 bits per heavy atom. The minimum atomic E-state index is -0.424. The maximum atomic E-state index is 10.7. The van der Waals surface area contributed by atoms with E-state index in [-0.39, 0.29) is 5.69 Å². The number of aromatic nitrogens is 2. The number of unbranched alkanes of at least 4 members (excludes halogenated alkanes) is 1. The van der Waals surface area contributed by atoms with Gasteiger partial charge >= 0.3 is 0 Å². The quantitative estimate of drug-likeness (QED) is 0.426. The van der Waals surface area contributed by atoms with Crippen LogP contribution in [-0.2, 0) is 17.6 Å². The molecule has 2 aromatic rings. The molecule has 22 heavy (non-hydrogen) atoms. The van der Waals surface area contributed by atoms with E-state index >= 15 is 0 Å². The third-order valence-electron chi connectivity index (χ3n) is 3.44. The van der Waals surface area contributed by atoms with Crippen molar-refractivity contribution >= 4 is 12.0 Å². The minimum absolute atomic E-state index is 0.0524. The average molecular weight is 301 g/mol. The van der Waals surface area contributed by atoms with Crippen LogP contribution in [0, 0.1) is 10.1 Å². The Balaban J connectivity index is 2.31. The van der Waals surface area contributed by atoms with Crippen molar-refractivity contribution in [1.82, 2.24) is 9.78 Å². The summed E-state index contributed by atoms with van der Waals surface area (Å²) in [5, 5.41) is 15.3. The van der Waals surface area contributed by atoms with Gasteiger partial charge in [-0.3, -0.25) is 10.1 Å². The smallest absolute Gasteiger partial charge is 0.269 e. The first-order chi connectivity index (χ1) is 10.7. The average Bonchev–Trinajstić information content (AvgIpc) is 2.94. The maximum absolute atomic E-state index is 10.7. The molecule has 1 aromatic carbocycles. The first-order valence-corrected chi connectivity index (χ1v) is 7.42. The van der Waals surface area contributed by atoms with Crippen LogP contribution in [-0.4, -0.2) is 21.0 Å². The predicted molar refractivity (Wildman–Crippen MR) is 83.2 cm³/mol. The molecule has 1 heterocycles. The normalized spacial score (nSPS) is 10.6. The fraction of sp³-hybridized carbons (Fsp3) is 0.375. The summed E-state index contributed by atoms with van der Waals surface area (Å²) >= 11 is 0. The van der Waals surface area contributed by atoms with E-state index in [1.54, 1.807) is 16.8 Å². The van der Waals surface area contributed by atoms with E-state index in [9.17, 15) is 14.9 Å². The van der Waals surface area contributed by atoms with Crippen LogP contribution < -0.4 is 0 Å². The Morgan fingerprint density at radius 1 is 1.27 bits per heavy atom. The van der Waals surface area contributed by atoms with Crippen molar-refractivity contribution in [3.05, 3.63) is 51.8 Å². The van der Waals surface area contributed by atoms with Gasteiger partial charge in [0.1, 0.15) is 6.29 Å². The van der Waals surface area contributed by atoms with Crippen LogP contribution in [0.25, 0.3) is 5.69 Å². The monoisotopic (exact) mass is 301 g/mol. The molecule has 1 aromatic heterocycles. The fourth-order valence-electron chi connectivity index (χ4n) is 2.28. The van der Waals surface area contributed by atoms with Crippen LogP contribution in [0.2, 0.25) is 0 Å². The standard InChI is InChI=1S/C16H19N3O3/c1-2-3-5-13-12-16(6-4-11-20)18(17-13)14-7-9-15(10-8-14)19(21)22/h7-12H,2-6H2,1H3. The third kappa shape index (κ3) is 3.78. The molecule has 6 heteroatoms. The molecule has 116 valence electrons. The van der Waals surface area contributed by atoms with Gasteiger partial charge in [-0.05, 0) is 37.5 Å². The van der Waals surface area contributed by atoms with Crippen molar-refractivity contribution in [3.63, 3.8) is 0 Å². The van der Waals surface area contributed by atoms with Gasteiger partial charge in [0, 0.05) is 24.2 Å². The summed E-state index contributed by atoms with van der Waals surface area (Å²) in [5.74, 6) is 0. The highest BCUT2D eigenvalue weighted by atomic mass is 16.6. The summed E-state index contributed by atoms with van der Waals surface area (Å²) in [6.07, 6.45) is 4.98. The zero-order valence-corrected chi connectivity index (χ0v) is 12.6. The molecule has 0 fully saturated rings. The molecule has 0 amide bonds. The van der Waals surface area contributed by atoms with Crippen LogP contribution in [0.5, 0.6) is 0 Å². The van der Waals surface area contributed by atoms with Gasteiger partial charge in [-0.25, -0.2) is 4.68 Å². The predicted octanol–water partition coefficient (Wildman–Crippen LogP) is 3.25. The molecule has 0 atom stereocenters. The molecule has 6 nitrogen and oxygen atoms in total. The van der Waals surface area contributed by atoms with Gasteiger partial charge in [-0.15, -0.1) is 0 Å². The maximum Gasteiger partial charge on any atom is 0.269 e. The zero-order chi connectivity index (χ0) is 15.9. The van der Waals surface area contributed by atoms with Crippen molar-refractivity contribution in [1.29, 1.82) is 0 Å². The lowest BCUT2D eigenvalue weighted by molar-refractivity contribution is -0.384. The molecule has 0 spiro atoms. The lowest BCUT2D eigenvalue weighted by Crippen LogP contribution is -2.03. The molecule has 0 saturated heterocycles. The van der Waals surface area contributed by atoms with Crippen molar-refractivity contribution < 1.29 is 9.72 Å². The molecule has 0 N–H and O–H groups in total. The summed E-state index contributed by atoms with van der Waals surface area (Å²) < 4.78 is 1.78. The molecular weight excluding hydrogens is 282 g/mol. The number of carbonyl (C=O) groups is 1. The van der Waals surface area contributed by atoms with E-state index in [1.165, 1.54) is 12.1 Å². The summed E-state index contributed by atoms with van der Waals surface area (Å²) in [7, 11) is 0. The largest absolute Gasteiger partial charge is 0.303 e. The lowest BCUT2D eigenvalue weighted by Gasteiger charge is -2.06. The van der Waals surface area contributed by atoms with Gasteiger partial charge in [0.05, 0.1) is 16.3 Å². The summed E-state index contributed by atoms with van der Waals surface area (Å²) in [4.78, 5) is 20.9. The van der Waals surface area contributed by atoms with Gasteiger partial charge in [0.15, 0.2) is 0 Å². The van der Waals surface area contributed by atoms with Gasteiger partial charge in [0.2, 0.25) is 0 Å². The Hall–Kier alpha value is -2.50. The Bertz CT molecular complexity index is 647. The number of benzene rings is 1. The highest BCUT2D eigenvalue weighted by molar-refractivity contribution is 5.50. The van der Waals surface area contributed by atoms with E-state index in [1.807, 2.05) is 6.07 Å². The van der Waals surface area contributed by atoms with Crippen molar-refractivity contribution in [2.75, 3.05) is 0 Å². The molecule has 0 aliphatic heterocycles. The van der Waals surface area contributed by atoms with Crippen LogP contribution in [0.1, 0.15) is 37.6 Å². The van der Waals surface area contributed by atoms with E-state index in [0.717, 1.165) is 42.6 Å². The third-order valence-corrected chi connectivity index (χ3v) is 3.44. The minimum Gasteiger partial charge on any atom is -0.303 e. The molecule has 0 radical (unpaired) electrons. The summed E-state index contributed by atoms with van der Waals surface area (Å²) in [5.41, 5.74) is 2.76. The number of aryl methyl sites for hydroxylation is 2. The number of aldehydes is 1. The molecule has 2 rings (SSSR count). The number of nitro groups is 1. The van der Waals surface area contributed by atoms with E-state index < -0.39 is 4.92 Å². The summed E-state index contributed by atoms with van der Waals surface area (Å²) in [6, 6.07) is 8.30. The molecule has 0 unspecified atom stereocenters. The summed E-state index contributed by atoms with van der Waals surface area (Å²) in [6.45, 7) is 2.13. The van der Waals surface area contributed by atoms with Crippen LogP contribution in [0.4, 0.5) is 5.69 Å². The molecule has 0 aliphatic carbocycles. The number of non-ortho nitro benzene ring substituents is 1. The topological polar surface area (TPSA) is 78.0 Å². The van der Waals surface area contributed by atoms with Crippen LogP contribution in [0.3, 0.4) is 0 Å². The zero-order valence-electron chi connectivity index (χ0n) is 12.6. The SMILES string of the molecule is CCCCc1cc(CCC=O)n(-c2ccc([N+](=O)[O-])cc2)n1. The fourth-order valence-corrected chi connectivity index (χ4v) is 2.28. The number of nitrogens with zero attached hydrogens (tertiary/aromatic N) is 3. The van der Waals surface area contributed by atoms with Crippen molar-refractivity contribution in [2.45, 2.75) is 39.0 Å². The van der Waals surface area contributed by atoms with E-state index in [4.69, 9.17) is 0 Å². The first kappa shape index (κ1) is 15.9. The number of hydrogen-bond donors (Lipinski definition) is 0. The second-order valence-corrected chi connectivity index (χ2v) is 5.12. The number of nitro benzene ring substituents is 1. The number of carbonyl (C=O) groups excluding carboxylic acids is 1. The molecular formula is C16H19N3O3. The first-order valence-electron chi connectivity index (χ1n) is 7.42. The molecule has 0 saturated carbocycles. The molecule has 0 aliphatic rings. The highest BCUT2D eigenvalue weighted by Crippen LogP contribution is 2.19. The van der Waals surface area contributed by atoms with E-state index in [0.29, 0.717) is 12.8 Å². The van der Waals surface area contributed by atoms with E-state index in [2.05, 4.69) is 12.0 Å². The van der Waals surface area contributed by atoms with Gasteiger partial charge in [0.25, 0.3) is 5.69 Å². The Kier molecular flexibility index (Phi) is 5.41. The van der Waals surface area contributed by atoms with Crippen LogP contribution >= 0.6 is 0 Å². The van der Waals surface area contributed by atoms with Gasteiger partial charge < -0.3 is 4.79 Å². The van der Waals surface area contributed by atoms with Crippen LogP contribution in [0.15, 0.2) is 30.3 Å². The second-order valence-electron chi connectivity index (χ2n) is 5.12.